The Balaban J connectivity index is 1.54. The minimum atomic E-state index is -3.66. The van der Waals surface area contributed by atoms with Crippen LogP contribution in [0.4, 0.5) is 8.78 Å². The van der Waals surface area contributed by atoms with Gasteiger partial charge in [0, 0.05) is 35.1 Å². The van der Waals surface area contributed by atoms with Crippen LogP contribution >= 0.6 is 0 Å². The molecule has 0 saturated carbocycles. The Bertz CT molecular complexity index is 2290. The Morgan fingerprint density at radius 3 is 2.60 bits per heavy atom. The highest BCUT2D eigenvalue weighted by Gasteiger charge is 2.36. The lowest BCUT2D eigenvalue weighted by atomic mass is 9.75. The third-order valence-corrected chi connectivity index (χ3v) is 13.0. The Morgan fingerprint density at radius 1 is 1.06 bits per heavy atom. The predicted molar refractivity (Wildman–Crippen MR) is 189 cm³/mol. The lowest BCUT2D eigenvalue weighted by molar-refractivity contribution is -0.131. The molecular formula is C37H38F2N4O5S2. The molecular weight excluding hydrogens is 683 g/mol. The molecule has 0 fully saturated rings. The average Bonchev–Trinajstić information content (AvgIpc) is 3.68. The molecule has 4 bridgehead atoms. The Kier molecular flexibility index (Phi) is 9.42. The van der Waals surface area contributed by atoms with Crippen LogP contribution in [0.5, 0.6) is 0 Å². The number of carboxylic acid groups (broad SMARTS) is 1. The summed E-state index contributed by atoms with van der Waals surface area (Å²) < 4.78 is 74.4. The molecule has 3 aromatic carbocycles. The number of H-pyrrole nitrogens is 1. The average molecular weight is 721 g/mol. The van der Waals surface area contributed by atoms with Crippen molar-refractivity contribution in [3.63, 3.8) is 0 Å². The molecule has 3 heterocycles. The maximum Gasteiger partial charge on any atom is 0.328 e. The van der Waals surface area contributed by atoms with E-state index in [4.69, 9.17) is 10.1 Å². The summed E-state index contributed by atoms with van der Waals surface area (Å²) in [6.45, 7) is 5.76. The second kappa shape index (κ2) is 13.3. The molecule has 50 heavy (non-hydrogen) atoms. The lowest BCUT2D eigenvalue weighted by Gasteiger charge is -2.30. The van der Waals surface area contributed by atoms with Crippen molar-refractivity contribution in [1.82, 2.24) is 19.7 Å². The van der Waals surface area contributed by atoms with Gasteiger partial charge in [0.05, 0.1) is 38.2 Å². The number of aromatic amines is 1. The third kappa shape index (κ3) is 7.06. The molecule has 9 nitrogen and oxygen atoms in total. The van der Waals surface area contributed by atoms with E-state index >= 15 is 8.78 Å². The molecule has 0 radical (unpaired) electrons. The second-order valence-electron chi connectivity index (χ2n) is 13.9. The van der Waals surface area contributed by atoms with E-state index in [1.807, 2.05) is 39.0 Å². The fraction of sp³-hybridized carbons (Fsp3) is 0.324. The molecule has 6 rings (SSSR count). The smallest absolute Gasteiger partial charge is 0.328 e. The molecule has 1 aliphatic heterocycles. The number of nitrogens with zero attached hydrogens (tertiary/aromatic N) is 3. The highest BCUT2D eigenvalue weighted by molar-refractivity contribution is 7.91. The highest BCUT2D eigenvalue weighted by atomic mass is 32.2. The van der Waals surface area contributed by atoms with Gasteiger partial charge in [-0.2, -0.15) is 5.10 Å². The fourth-order valence-corrected chi connectivity index (χ4v) is 10.2. The van der Waals surface area contributed by atoms with Gasteiger partial charge in [-0.3, -0.25) is 0 Å². The zero-order valence-corrected chi connectivity index (χ0v) is 29.8. The van der Waals surface area contributed by atoms with E-state index in [-0.39, 0.29) is 39.1 Å². The molecule has 2 aromatic heterocycles. The number of carbonyl (C=O) groups is 1. The standard InChI is InChI=1S/C37H38F2N4O5S2/c1-36(2)15-6-16-37(3,24-8-5-7-23(19-24)9-12-32(44)45)35-41-34(43(4)42-35)28-20-25(10-11-29(28)38)49(46)33-27(14-18-50(47,48)22-36)26-13-17-40-31(26)21-30(33)39/h5,7-13,17,19-21,40H,6,14-16,18,22H2,1-4H3,(H,44,45)/b12-9+. The number of halogens is 2. The van der Waals surface area contributed by atoms with Crippen molar-refractivity contribution < 1.29 is 31.3 Å². The SMILES string of the molecule is Cn1nc2nc1-c1cc(ccc1F)S(=O)c1c(F)cc3[nH]ccc3c1CCS(=O)(=O)CC(C)(C)CCCC2(C)c1cccc(/C=C/C(=O)O)c1. The van der Waals surface area contributed by atoms with Crippen molar-refractivity contribution in [2.45, 2.75) is 61.7 Å². The number of rotatable bonds is 3. The van der Waals surface area contributed by atoms with E-state index in [2.05, 4.69) is 4.98 Å². The number of aryl methyl sites for hydroxylation is 2. The lowest BCUT2D eigenvalue weighted by Crippen LogP contribution is -2.29. The van der Waals surface area contributed by atoms with Crippen molar-refractivity contribution in [2.24, 2.45) is 12.5 Å². The van der Waals surface area contributed by atoms with Gasteiger partial charge in [0.2, 0.25) is 0 Å². The minimum absolute atomic E-state index is 0.0205. The van der Waals surface area contributed by atoms with E-state index < -0.39 is 49.1 Å². The van der Waals surface area contributed by atoms with Crippen LogP contribution in [0.2, 0.25) is 0 Å². The summed E-state index contributed by atoms with van der Waals surface area (Å²) >= 11 is 0. The van der Waals surface area contributed by atoms with Gasteiger partial charge in [0.15, 0.2) is 21.5 Å². The number of carboxylic acids is 1. The number of benzene rings is 3. The third-order valence-electron chi connectivity index (χ3n) is 9.45. The van der Waals surface area contributed by atoms with Crippen molar-refractivity contribution in [3.8, 4) is 11.4 Å². The number of hydrogen-bond donors (Lipinski definition) is 2. The number of fused-ring (bicyclic) bond motifs is 8. The van der Waals surface area contributed by atoms with Crippen molar-refractivity contribution >= 4 is 43.6 Å². The van der Waals surface area contributed by atoms with Gasteiger partial charge in [-0.25, -0.2) is 35.9 Å². The molecule has 262 valence electrons. The van der Waals surface area contributed by atoms with Crippen LogP contribution in [-0.2, 0) is 44.3 Å². The van der Waals surface area contributed by atoms with Crippen LogP contribution in [-0.4, -0.2) is 55.0 Å². The first-order valence-corrected chi connectivity index (χ1v) is 19.2. The highest BCUT2D eigenvalue weighted by Crippen LogP contribution is 2.40. The van der Waals surface area contributed by atoms with Crippen LogP contribution < -0.4 is 0 Å². The van der Waals surface area contributed by atoms with Crippen molar-refractivity contribution in [1.29, 1.82) is 0 Å². The van der Waals surface area contributed by atoms with E-state index in [1.165, 1.54) is 29.0 Å². The van der Waals surface area contributed by atoms with Crippen LogP contribution in [0.3, 0.4) is 0 Å². The van der Waals surface area contributed by atoms with Crippen LogP contribution in [0.1, 0.15) is 62.5 Å². The van der Waals surface area contributed by atoms with E-state index in [1.54, 1.807) is 25.4 Å². The summed E-state index contributed by atoms with van der Waals surface area (Å²) in [6, 6.07) is 14.2. The van der Waals surface area contributed by atoms with E-state index in [0.29, 0.717) is 47.1 Å². The van der Waals surface area contributed by atoms with Gasteiger partial charge < -0.3 is 10.1 Å². The zero-order chi connectivity index (χ0) is 36.0. The molecule has 1 aliphatic rings. The Labute approximate surface area is 291 Å². The molecule has 5 aromatic rings. The molecule has 0 spiro atoms. The van der Waals surface area contributed by atoms with E-state index in [0.717, 1.165) is 17.7 Å². The molecule has 2 atom stereocenters. The first-order chi connectivity index (χ1) is 23.6. The molecule has 0 saturated heterocycles. The largest absolute Gasteiger partial charge is 0.478 e. The molecule has 2 N–H and O–H groups in total. The van der Waals surface area contributed by atoms with Gasteiger partial charge in [0.1, 0.15) is 11.6 Å². The first kappa shape index (κ1) is 35.3. The topological polar surface area (TPSA) is 135 Å². The normalized spacial score (nSPS) is 21.0. The summed E-state index contributed by atoms with van der Waals surface area (Å²) in [5.41, 5.74) is 0.759. The van der Waals surface area contributed by atoms with Gasteiger partial charge in [-0.15, -0.1) is 0 Å². The number of nitrogens with one attached hydrogen (secondary N) is 1. The maximum atomic E-state index is 15.8. The van der Waals surface area contributed by atoms with Crippen molar-refractivity contribution in [3.05, 3.63) is 101 Å². The first-order valence-electron chi connectivity index (χ1n) is 16.2. The minimum Gasteiger partial charge on any atom is -0.478 e. The predicted octanol–water partition coefficient (Wildman–Crippen LogP) is 6.98. The van der Waals surface area contributed by atoms with Crippen LogP contribution in [0.25, 0.3) is 28.4 Å². The summed E-state index contributed by atoms with van der Waals surface area (Å²) in [5, 5.41) is 14.5. The molecule has 0 amide bonds. The van der Waals surface area contributed by atoms with Gasteiger partial charge in [-0.05, 0) is 84.7 Å². The molecule has 2 unspecified atom stereocenters. The maximum absolute atomic E-state index is 15.8. The second-order valence-corrected chi connectivity index (χ2v) is 17.5. The monoisotopic (exact) mass is 720 g/mol. The van der Waals surface area contributed by atoms with Gasteiger partial charge in [0.25, 0.3) is 0 Å². The number of aromatic nitrogens is 4. The van der Waals surface area contributed by atoms with E-state index in [9.17, 15) is 22.5 Å². The van der Waals surface area contributed by atoms with Crippen molar-refractivity contribution in [2.75, 3.05) is 11.5 Å². The number of sulfone groups is 1. The number of hydrogen-bond acceptors (Lipinski definition) is 6. The Morgan fingerprint density at radius 2 is 1.84 bits per heavy atom. The van der Waals surface area contributed by atoms with Gasteiger partial charge >= 0.3 is 5.97 Å². The summed E-state index contributed by atoms with van der Waals surface area (Å²) in [5.74, 6) is -2.31. The molecule has 0 aliphatic carbocycles. The Hall–Kier alpha value is -4.49. The quantitative estimate of drug-likeness (QED) is 0.192. The zero-order valence-electron chi connectivity index (χ0n) is 28.2. The van der Waals surface area contributed by atoms with Crippen LogP contribution in [0, 0.1) is 17.0 Å². The van der Waals surface area contributed by atoms with Gasteiger partial charge in [-0.1, -0.05) is 44.5 Å². The number of aliphatic carboxylic acids is 1. The molecule has 13 heteroatoms. The summed E-state index contributed by atoms with van der Waals surface area (Å²) in [4.78, 5) is 19.0. The van der Waals surface area contributed by atoms with Crippen LogP contribution in [0.15, 0.2) is 76.7 Å². The summed E-state index contributed by atoms with van der Waals surface area (Å²) in [7, 11) is -4.17. The fourth-order valence-electron chi connectivity index (χ4n) is 6.89. The summed E-state index contributed by atoms with van der Waals surface area (Å²) in [6.07, 6.45) is 5.72.